The van der Waals surface area contributed by atoms with E-state index in [4.69, 9.17) is 4.74 Å². The van der Waals surface area contributed by atoms with E-state index in [2.05, 4.69) is 0 Å². The molecule has 1 unspecified atom stereocenters. The summed E-state index contributed by atoms with van der Waals surface area (Å²) in [7, 11) is -3.25. The van der Waals surface area contributed by atoms with Gasteiger partial charge in [0.05, 0.1) is 6.10 Å². The van der Waals surface area contributed by atoms with Crippen LogP contribution in [0, 0.1) is 0 Å². The van der Waals surface area contributed by atoms with Gasteiger partial charge in [-0.25, -0.2) is 13.2 Å². The number of sulfone groups is 1. The lowest BCUT2D eigenvalue weighted by atomic mass is 10.5. The van der Waals surface area contributed by atoms with Gasteiger partial charge in [-0.15, -0.1) is 0 Å². The summed E-state index contributed by atoms with van der Waals surface area (Å²) in [5, 5.41) is -0.738. The first-order valence-electron chi connectivity index (χ1n) is 5.65. The fourth-order valence-electron chi connectivity index (χ4n) is 1.55. The number of rotatable bonds is 3. The third-order valence-corrected chi connectivity index (χ3v) is 5.76. The number of ether oxygens (including phenoxy) is 1. The molecule has 1 rings (SSSR count). The fraction of sp³-hybridized carbons (Fsp3) is 0.900. The molecule has 1 saturated heterocycles. The van der Waals surface area contributed by atoms with E-state index in [0.717, 1.165) is 5.75 Å². The van der Waals surface area contributed by atoms with Crippen molar-refractivity contribution < 1.29 is 17.9 Å². The van der Waals surface area contributed by atoms with E-state index in [9.17, 15) is 13.2 Å². The Hall–Kier alpha value is -0.430. The standard InChI is InChI=1S/C10H19NO4S2/c1-4-17(13,14)9-7-16-6-5-11(9)10(12)15-8(2)3/h8-9H,4-7H2,1-3H3. The zero-order valence-electron chi connectivity index (χ0n) is 10.4. The Morgan fingerprint density at radius 1 is 1.53 bits per heavy atom. The van der Waals surface area contributed by atoms with Gasteiger partial charge in [-0.2, -0.15) is 11.8 Å². The molecule has 5 nitrogen and oxygen atoms in total. The lowest BCUT2D eigenvalue weighted by molar-refractivity contribution is 0.0756. The van der Waals surface area contributed by atoms with Gasteiger partial charge in [-0.05, 0) is 13.8 Å². The molecular formula is C10H19NO4S2. The Labute approximate surface area is 107 Å². The van der Waals surface area contributed by atoms with Gasteiger partial charge in [-0.3, -0.25) is 4.90 Å². The third kappa shape index (κ3) is 3.77. The summed E-state index contributed by atoms with van der Waals surface area (Å²) >= 11 is 1.56. The average Bonchev–Trinajstić information content (AvgIpc) is 2.28. The Morgan fingerprint density at radius 2 is 2.18 bits per heavy atom. The van der Waals surface area contributed by atoms with Crippen LogP contribution in [-0.2, 0) is 14.6 Å². The third-order valence-electron chi connectivity index (χ3n) is 2.47. The minimum Gasteiger partial charge on any atom is -0.447 e. The average molecular weight is 281 g/mol. The highest BCUT2D eigenvalue weighted by atomic mass is 32.2. The first kappa shape index (κ1) is 14.6. The van der Waals surface area contributed by atoms with Crippen molar-refractivity contribution in [1.29, 1.82) is 0 Å². The van der Waals surface area contributed by atoms with Gasteiger partial charge in [0.15, 0.2) is 9.84 Å². The topological polar surface area (TPSA) is 63.7 Å². The fourth-order valence-corrected chi connectivity index (χ4v) is 4.51. The number of amides is 1. The number of thioether (sulfide) groups is 1. The Morgan fingerprint density at radius 3 is 2.71 bits per heavy atom. The number of nitrogens with zero attached hydrogens (tertiary/aromatic N) is 1. The van der Waals surface area contributed by atoms with Crippen molar-refractivity contribution in [3.63, 3.8) is 0 Å². The van der Waals surface area contributed by atoms with Crippen LogP contribution >= 0.6 is 11.8 Å². The Balaban J connectivity index is 2.83. The Bertz CT molecular complexity index is 367. The molecule has 0 radical (unpaired) electrons. The molecular weight excluding hydrogens is 262 g/mol. The number of carbonyl (C=O) groups excluding carboxylic acids is 1. The largest absolute Gasteiger partial charge is 0.447 e. The monoisotopic (exact) mass is 281 g/mol. The van der Waals surface area contributed by atoms with Crippen LogP contribution in [-0.4, -0.2) is 54.7 Å². The van der Waals surface area contributed by atoms with Gasteiger partial charge in [0.25, 0.3) is 0 Å². The molecule has 100 valence electrons. The van der Waals surface area contributed by atoms with Crippen LogP contribution in [0.5, 0.6) is 0 Å². The molecule has 1 heterocycles. The van der Waals surface area contributed by atoms with Gasteiger partial charge < -0.3 is 4.74 Å². The molecule has 17 heavy (non-hydrogen) atoms. The Kier molecular flexibility index (Phi) is 5.12. The summed E-state index contributed by atoms with van der Waals surface area (Å²) < 4.78 is 28.9. The predicted octanol–water partition coefficient (Wildman–Crippen LogP) is 1.34. The van der Waals surface area contributed by atoms with E-state index in [1.807, 2.05) is 0 Å². The quantitative estimate of drug-likeness (QED) is 0.781. The van der Waals surface area contributed by atoms with Crippen molar-refractivity contribution in [2.24, 2.45) is 0 Å². The molecule has 1 amide bonds. The van der Waals surface area contributed by atoms with Crippen molar-refractivity contribution in [2.75, 3.05) is 23.8 Å². The highest BCUT2D eigenvalue weighted by Gasteiger charge is 2.36. The van der Waals surface area contributed by atoms with Crippen LogP contribution in [0.25, 0.3) is 0 Å². The number of carbonyl (C=O) groups is 1. The van der Waals surface area contributed by atoms with Crippen molar-refractivity contribution in [1.82, 2.24) is 4.90 Å². The zero-order valence-corrected chi connectivity index (χ0v) is 12.0. The normalized spacial score (nSPS) is 21.6. The summed E-state index contributed by atoms with van der Waals surface area (Å²) in [6.45, 7) is 5.53. The van der Waals surface area contributed by atoms with Crippen LogP contribution in [0.3, 0.4) is 0 Å². The second-order valence-corrected chi connectivity index (χ2v) is 7.70. The predicted molar refractivity (Wildman–Crippen MR) is 68.9 cm³/mol. The molecule has 1 fully saturated rings. The zero-order chi connectivity index (χ0) is 13.1. The number of hydrogen-bond acceptors (Lipinski definition) is 5. The van der Waals surface area contributed by atoms with Crippen LogP contribution in [0.15, 0.2) is 0 Å². The molecule has 0 aromatic carbocycles. The lowest BCUT2D eigenvalue weighted by Crippen LogP contribution is -2.51. The second-order valence-electron chi connectivity index (χ2n) is 4.11. The first-order valence-corrected chi connectivity index (χ1v) is 8.52. The minimum atomic E-state index is -3.25. The van der Waals surface area contributed by atoms with Gasteiger partial charge in [0.2, 0.25) is 0 Å². The van der Waals surface area contributed by atoms with Gasteiger partial charge in [0.1, 0.15) is 5.37 Å². The molecule has 1 aliphatic heterocycles. The maximum Gasteiger partial charge on any atom is 0.411 e. The maximum absolute atomic E-state index is 11.9. The lowest BCUT2D eigenvalue weighted by Gasteiger charge is -2.34. The molecule has 0 spiro atoms. The van der Waals surface area contributed by atoms with Gasteiger partial charge in [-0.1, -0.05) is 6.92 Å². The summed E-state index contributed by atoms with van der Waals surface area (Å²) in [6, 6.07) is 0. The molecule has 0 N–H and O–H groups in total. The van der Waals surface area contributed by atoms with E-state index in [-0.39, 0.29) is 11.9 Å². The molecule has 1 atom stereocenters. The smallest absolute Gasteiger partial charge is 0.411 e. The molecule has 7 heteroatoms. The second kappa shape index (κ2) is 5.95. The van der Waals surface area contributed by atoms with E-state index in [1.165, 1.54) is 4.90 Å². The summed E-state index contributed by atoms with van der Waals surface area (Å²) in [4.78, 5) is 13.2. The van der Waals surface area contributed by atoms with Crippen LogP contribution in [0.4, 0.5) is 4.79 Å². The summed E-state index contributed by atoms with van der Waals surface area (Å²) in [5.41, 5.74) is 0. The van der Waals surface area contributed by atoms with E-state index in [0.29, 0.717) is 12.3 Å². The number of hydrogen-bond donors (Lipinski definition) is 0. The maximum atomic E-state index is 11.9. The highest BCUT2D eigenvalue weighted by molar-refractivity contribution is 8.01. The van der Waals surface area contributed by atoms with Crippen molar-refractivity contribution in [2.45, 2.75) is 32.2 Å². The molecule has 1 aliphatic rings. The highest BCUT2D eigenvalue weighted by Crippen LogP contribution is 2.22. The summed E-state index contributed by atoms with van der Waals surface area (Å²) in [6.07, 6.45) is -0.760. The molecule has 0 bridgehead atoms. The van der Waals surface area contributed by atoms with Crippen molar-refractivity contribution in [3.05, 3.63) is 0 Å². The van der Waals surface area contributed by atoms with Crippen molar-refractivity contribution >= 4 is 27.7 Å². The van der Waals surface area contributed by atoms with Crippen LogP contribution < -0.4 is 0 Å². The molecule has 0 aliphatic carbocycles. The van der Waals surface area contributed by atoms with E-state index in [1.54, 1.807) is 32.5 Å². The van der Waals surface area contributed by atoms with Crippen molar-refractivity contribution in [3.8, 4) is 0 Å². The molecule has 0 aromatic heterocycles. The van der Waals surface area contributed by atoms with E-state index >= 15 is 0 Å². The van der Waals surface area contributed by atoms with E-state index < -0.39 is 21.3 Å². The minimum absolute atomic E-state index is 0.0453. The van der Waals surface area contributed by atoms with Gasteiger partial charge >= 0.3 is 6.09 Å². The van der Waals surface area contributed by atoms with Crippen LogP contribution in [0.1, 0.15) is 20.8 Å². The van der Waals surface area contributed by atoms with Crippen LogP contribution in [0.2, 0.25) is 0 Å². The van der Waals surface area contributed by atoms with Gasteiger partial charge in [0, 0.05) is 23.8 Å². The first-order chi connectivity index (χ1) is 7.88. The SMILES string of the molecule is CCS(=O)(=O)C1CSCCN1C(=O)OC(C)C. The molecule has 0 aromatic rings. The molecule has 0 saturated carbocycles. The summed E-state index contributed by atoms with van der Waals surface area (Å²) in [5.74, 6) is 1.23.